The van der Waals surface area contributed by atoms with Crippen LogP contribution in [-0.2, 0) is 0 Å². The number of hydrogen-bond donors (Lipinski definition) is 0. The Hall–Kier alpha value is 0.410. The Labute approximate surface area is 92.2 Å². The molecule has 0 bridgehead atoms. The molecule has 0 atom stereocenters. The maximum atomic E-state index is 5.48. The summed E-state index contributed by atoms with van der Waals surface area (Å²) in [5.41, 5.74) is 0. The minimum atomic E-state index is -0.501. The molecule has 0 aliphatic carbocycles. The van der Waals surface area contributed by atoms with Crippen molar-refractivity contribution in [2.75, 3.05) is 2.43 Å². The van der Waals surface area contributed by atoms with E-state index in [0.29, 0.717) is 17.2 Å². The average Bonchev–Trinajstić information content (AvgIpc) is 2.87. The molecule has 0 spiro atoms. The number of alkyl halides is 2. The van der Waals surface area contributed by atoms with Crippen LogP contribution in [0.5, 0.6) is 5.88 Å². The van der Waals surface area contributed by atoms with Crippen molar-refractivity contribution in [1.29, 1.82) is 0 Å². The Bertz CT molecular complexity index is 282. The number of aromatic nitrogens is 1. The molecular formula is C9H12I2NO-. The third kappa shape index (κ3) is 2.93. The molecule has 1 aliphatic heterocycles. The fourth-order valence-corrected chi connectivity index (χ4v) is 14.4. The van der Waals surface area contributed by atoms with Gasteiger partial charge >= 0.3 is 93.0 Å². The second-order valence-electron chi connectivity index (χ2n) is 2.99. The van der Waals surface area contributed by atoms with Gasteiger partial charge in [-0.1, -0.05) is 0 Å². The molecule has 2 rings (SSSR count). The molecule has 0 saturated carbocycles. The molecule has 0 amide bonds. The first-order chi connectivity index (χ1) is 6.25. The quantitative estimate of drug-likeness (QED) is 0.502. The summed E-state index contributed by atoms with van der Waals surface area (Å²) in [5.74, 6) is 0.773. The van der Waals surface area contributed by atoms with E-state index >= 15 is 0 Å². The van der Waals surface area contributed by atoms with Gasteiger partial charge in [0.2, 0.25) is 0 Å². The third-order valence-electron chi connectivity index (χ3n) is 1.50. The SMILES string of the molecule is CC(C)Oc1ccc(I2C[I-]2)cn1. The number of halogens is 2. The van der Waals surface area contributed by atoms with Crippen LogP contribution in [0.4, 0.5) is 0 Å². The molecule has 1 saturated heterocycles. The molecule has 0 radical (unpaired) electrons. The molecule has 2 heterocycles. The molecule has 74 valence electrons. The van der Waals surface area contributed by atoms with Gasteiger partial charge in [-0.05, 0) is 0 Å². The van der Waals surface area contributed by atoms with Crippen LogP contribution in [0.1, 0.15) is 13.8 Å². The van der Waals surface area contributed by atoms with Gasteiger partial charge in [0.15, 0.2) is 0 Å². The van der Waals surface area contributed by atoms with Crippen molar-refractivity contribution < 1.29 is 22.0 Å². The summed E-state index contributed by atoms with van der Waals surface area (Å²) < 4.78 is 8.64. The van der Waals surface area contributed by atoms with Gasteiger partial charge in [-0.2, -0.15) is 0 Å². The fourth-order valence-electron chi connectivity index (χ4n) is 0.930. The van der Waals surface area contributed by atoms with Crippen molar-refractivity contribution in [3.63, 3.8) is 0 Å². The predicted molar refractivity (Wildman–Crippen MR) is 57.6 cm³/mol. The van der Waals surface area contributed by atoms with Gasteiger partial charge in [0.25, 0.3) is 0 Å². The first kappa shape index (κ1) is 9.95. The van der Waals surface area contributed by atoms with E-state index in [1.54, 1.807) is 6.00 Å². The third-order valence-corrected chi connectivity index (χ3v) is 15.5. The molecule has 1 aromatic heterocycles. The summed E-state index contributed by atoms with van der Waals surface area (Å²) in [4.78, 5) is 4.31. The first-order valence-electron chi connectivity index (χ1n) is 4.14. The van der Waals surface area contributed by atoms with Gasteiger partial charge in [0.1, 0.15) is 0 Å². The van der Waals surface area contributed by atoms with E-state index in [2.05, 4.69) is 11.1 Å². The zero-order valence-electron chi connectivity index (χ0n) is 7.63. The summed E-state index contributed by atoms with van der Waals surface area (Å²) >= 11 is 0.143. The van der Waals surface area contributed by atoms with E-state index in [9.17, 15) is 0 Å². The molecule has 0 aromatic carbocycles. The molecule has 1 aliphatic rings. The van der Waals surface area contributed by atoms with Crippen molar-refractivity contribution in [2.24, 2.45) is 0 Å². The van der Waals surface area contributed by atoms with Crippen molar-refractivity contribution in [2.45, 2.75) is 20.0 Å². The summed E-state index contributed by atoms with van der Waals surface area (Å²) in [6.45, 7) is 4.05. The number of ether oxygens (including phenoxy) is 1. The van der Waals surface area contributed by atoms with Crippen molar-refractivity contribution in [3.05, 3.63) is 21.9 Å². The number of rotatable bonds is 3. The van der Waals surface area contributed by atoms with Crippen LogP contribution in [0.15, 0.2) is 18.3 Å². The van der Waals surface area contributed by atoms with Crippen LogP contribution in [0.25, 0.3) is 0 Å². The molecule has 13 heavy (non-hydrogen) atoms. The Morgan fingerprint density at radius 1 is 1.54 bits per heavy atom. The monoisotopic (exact) mass is 404 g/mol. The zero-order chi connectivity index (χ0) is 9.26. The normalized spacial score (nSPS) is 18.2. The van der Waals surface area contributed by atoms with Crippen LogP contribution in [0, 0.1) is 3.57 Å². The predicted octanol–water partition coefficient (Wildman–Crippen LogP) is -0.480. The second kappa shape index (κ2) is 4.29. The summed E-state index contributed by atoms with van der Waals surface area (Å²) in [5, 5.41) is 0. The molecular weight excluding hydrogens is 392 g/mol. The molecule has 2 nitrogen and oxygen atoms in total. The Morgan fingerprint density at radius 3 is 2.77 bits per heavy atom. The van der Waals surface area contributed by atoms with Gasteiger partial charge in [-0.3, -0.25) is 0 Å². The van der Waals surface area contributed by atoms with Crippen molar-refractivity contribution >= 4 is 15.8 Å². The zero-order valence-corrected chi connectivity index (χ0v) is 11.9. The molecule has 0 N–H and O–H groups in total. The van der Waals surface area contributed by atoms with E-state index in [1.807, 2.05) is 26.1 Å². The summed E-state index contributed by atoms with van der Waals surface area (Å²) in [7, 11) is 0. The molecule has 4 heteroatoms. The maximum absolute atomic E-state index is 5.48. The second-order valence-corrected chi connectivity index (χ2v) is 21.5. The van der Waals surface area contributed by atoms with E-state index in [0.717, 1.165) is 5.88 Å². The summed E-state index contributed by atoms with van der Waals surface area (Å²) in [6.07, 6.45) is 2.26. The Morgan fingerprint density at radius 2 is 2.31 bits per heavy atom. The molecule has 0 unspecified atom stereocenters. The number of pyridine rings is 1. The van der Waals surface area contributed by atoms with Crippen LogP contribution in [0.3, 0.4) is 0 Å². The first-order valence-corrected chi connectivity index (χ1v) is 14.6. The van der Waals surface area contributed by atoms with Crippen molar-refractivity contribution in [1.82, 2.24) is 4.98 Å². The minimum absolute atomic E-state index is 0.227. The Kier molecular flexibility index (Phi) is 3.28. The van der Waals surface area contributed by atoms with Gasteiger partial charge in [-0.15, -0.1) is 0 Å². The van der Waals surface area contributed by atoms with Crippen molar-refractivity contribution in [3.8, 4) is 5.88 Å². The van der Waals surface area contributed by atoms with Crippen LogP contribution in [-0.4, -0.2) is 13.5 Å². The van der Waals surface area contributed by atoms with Gasteiger partial charge in [0, 0.05) is 0 Å². The molecule has 1 aromatic rings. The van der Waals surface area contributed by atoms with Gasteiger partial charge < -0.3 is 0 Å². The topological polar surface area (TPSA) is 22.1 Å². The van der Waals surface area contributed by atoms with E-state index in [4.69, 9.17) is 4.74 Å². The van der Waals surface area contributed by atoms with Crippen LogP contribution >= 0.6 is 15.8 Å². The Balaban J connectivity index is 2.04. The standard InChI is InChI=1S/C9H12I2NO/c1-7(2)13-9-4-3-8(5-12-9)11-6-10-11/h3-5,7H,6H2,1-2H3/q-1. The van der Waals surface area contributed by atoms with Crippen LogP contribution in [0.2, 0.25) is 0 Å². The van der Waals surface area contributed by atoms with Crippen LogP contribution < -0.4 is 22.0 Å². The number of nitrogens with zero attached hydrogens (tertiary/aromatic N) is 1. The van der Waals surface area contributed by atoms with Gasteiger partial charge in [0.05, 0.1) is 0 Å². The average molecular weight is 404 g/mol. The van der Waals surface area contributed by atoms with Gasteiger partial charge in [-0.25, -0.2) is 0 Å². The van der Waals surface area contributed by atoms with E-state index in [1.165, 1.54) is 0 Å². The fraction of sp³-hybridized carbons (Fsp3) is 0.444. The number of hydrogen-bond acceptors (Lipinski definition) is 2. The summed E-state index contributed by atoms with van der Waals surface area (Å²) in [6, 6.07) is 4.25. The van der Waals surface area contributed by atoms with E-state index in [-0.39, 0.29) is 6.10 Å². The van der Waals surface area contributed by atoms with E-state index < -0.39 is 15.8 Å². The molecule has 1 fully saturated rings.